The van der Waals surface area contributed by atoms with E-state index in [1.165, 1.54) is 22.3 Å². The van der Waals surface area contributed by atoms with Crippen LogP contribution in [0.2, 0.25) is 0 Å². The van der Waals surface area contributed by atoms with Gasteiger partial charge < -0.3 is 0 Å². The summed E-state index contributed by atoms with van der Waals surface area (Å²) in [4.78, 5) is 11.3. The Hall–Kier alpha value is -1.35. The maximum atomic E-state index is 11.3. The van der Waals surface area contributed by atoms with Gasteiger partial charge in [0.1, 0.15) is 0 Å². The molecule has 0 aliphatic heterocycles. The number of hydrogen-bond donors (Lipinski definition) is 2. The van der Waals surface area contributed by atoms with Crippen molar-refractivity contribution in [3.8, 4) is 0 Å². The van der Waals surface area contributed by atoms with E-state index in [4.69, 9.17) is 5.21 Å². The maximum Gasteiger partial charge on any atom is 0.246 e. The molecule has 3 heteroatoms. The van der Waals surface area contributed by atoms with Crippen molar-refractivity contribution in [1.82, 2.24) is 5.48 Å². The van der Waals surface area contributed by atoms with Gasteiger partial charge in [0, 0.05) is 5.92 Å². The molecular weight excluding hydrogens is 214 g/mol. The Labute approximate surface area is 103 Å². The fourth-order valence-corrected chi connectivity index (χ4v) is 2.20. The zero-order valence-corrected chi connectivity index (χ0v) is 11.0. The first kappa shape index (κ1) is 13.7. The average Bonchev–Trinajstić information content (AvgIpc) is 2.30. The second-order valence-electron chi connectivity index (χ2n) is 4.65. The van der Waals surface area contributed by atoms with Crippen LogP contribution in [-0.2, 0) is 17.6 Å². The van der Waals surface area contributed by atoms with Crippen LogP contribution in [0, 0.1) is 19.8 Å². The van der Waals surface area contributed by atoms with Crippen LogP contribution in [0.4, 0.5) is 0 Å². The molecule has 0 aliphatic rings. The zero-order valence-electron chi connectivity index (χ0n) is 11.0. The van der Waals surface area contributed by atoms with Crippen LogP contribution < -0.4 is 5.48 Å². The number of carbonyl (C=O) groups excluding carboxylic acids is 1. The first-order chi connectivity index (χ1) is 7.99. The molecule has 17 heavy (non-hydrogen) atoms. The van der Waals surface area contributed by atoms with Crippen molar-refractivity contribution in [3.63, 3.8) is 0 Å². The van der Waals surface area contributed by atoms with E-state index >= 15 is 0 Å². The van der Waals surface area contributed by atoms with E-state index in [1.807, 2.05) is 6.92 Å². The lowest BCUT2D eigenvalue weighted by Crippen LogP contribution is -2.27. The predicted octanol–water partition coefficient (Wildman–Crippen LogP) is 2.55. The van der Waals surface area contributed by atoms with Gasteiger partial charge in [-0.25, -0.2) is 5.48 Å². The van der Waals surface area contributed by atoms with Crippen LogP contribution in [0.25, 0.3) is 0 Å². The van der Waals surface area contributed by atoms with Gasteiger partial charge in [0.25, 0.3) is 0 Å². The zero-order chi connectivity index (χ0) is 13.0. The molecule has 0 aliphatic carbocycles. The number of rotatable bonds is 4. The van der Waals surface area contributed by atoms with Gasteiger partial charge in [-0.15, -0.1) is 0 Å². The fourth-order valence-electron chi connectivity index (χ4n) is 2.20. The molecule has 2 N–H and O–H groups in total. The highest BCUT2D eigenvalue weighted by atomic mass is 16.5. The number of aryl methyl sites for hydroxylation is 3. The number of carbonyl (C=O) groups is 1. The summed E-state index contributed by atoms with van der Waals surface area (Å²) in [7, 11) is 0. The van der Waals surface area contributed by atoms with Crippen molar-refractivity contribution in [1.29, 1.82) is 0 Å². The molecule has 1 rings (SSSR count). The van der Waals surface area contributed by atoms with Gasteiger partial charge in [-0.3, -0.25) is 10.0 Å². The largest absolute Gasteiger partial charge is 0.289 e. The van der Waals surface area contributed by atoms with Crippen molar-refractivity contribution in [2.24, 2.45) is 5.92 Å². The van der Waals surface area contributed by atoms with E-state index in [9.17, 15) is 4.79 Å². The molecule has 1 aromatic carbocycles. The molecule has 1 amide bonds. The lowest BCUT2D eigenvalue weighted by Gasteiger charge is -2.16. The number of hydrogen-bond acceptors (Lipinski definition) is 2. The third-order valence-corrected chi connectivity index (χ3v) is 3.16. The Morgan fingerprint density at radius 3 is 2.59 bits per heavy atom. The summed E-state index contributed by atoms with van der Waals surface area (Å²) in [6, 6.07) is 4.31. The van der Waals surface area contributed by atoms with Gasteiger partial charge in [-0.2, -0.15) is 0 Å². The normalized spacial score (nSPS) is 12.3. The minimum Gasteiger partial charge on any atom is -0.289 e. The van der Waals surface area contributed by atoms with Gasteiger partial charge >= 0.3 is 0 Å². The molecule has 0 aromatic heterocycles. The van der Waals surface area contributed by atoms with Crippen molar-refractivity contribution in [2.75, 3.05) is 0 Å². The van der Waals surface area contributed by atoms with Gasteiger partial charge in [-0.1, -0.05) is 31.5 Å². The molecule has 0 bridgehead atoms. The third kappa shape index (κ3) is 3.30. The van der Waals surface area contributed by atoms with Gasteiger partial charge in [0.15, 0.2) is 0 Å². The summed E-state index contributed by atoms with van der Waals surface area (Å²) in [5, 5.41) is 8.62. The Balaban J connectivity index is 3.01. The van der Waals surface area contributed by atoms with Gasteiger partial charge in [-0.05, 0) is 43.4 Å². The molecule has 1 unspecified atom stereocenters. The molecule has 3 nitrogen and oxygen atoms in total. The van der Waals surface area contributed by atoms with Crippen LogP contribution in [0.1, 0.15) is 36.1 Å². The van der Waals surface area contributed by atoms with Gasteiger partial charge in [0.05, 0.1) is 0 Å². The standard InChI is InChI=1S/C14H21NO2/c1-5-12-7-9(2)6-10(3)13(12)8-11(4)14(16)15-17/h6-7,11,17H,5,8H2,1-4H3,(H,15,16). The lowest BCUT2D eigenvalue weighted by atomic mass is 9.90. The Bertz CT molecular complexity index is 413. The number of benzene rings is 1. The molecule has 0 heterocycles. The summed E-state index contributed by atoms with van der Waals surface area (Å²) < 4.78 is 0. The van der Waals surface area contributed by atoms with E-state index in [-0.39, 0.29) is 11.8 Å². The number of nitrogens with one attached hydrogen (secondary N) is 1. The minimum absolute atomic E-state index is 0.216. The van der Waals surface area contributed by atoms with Crippen molar-refractivity contribution in [3.05, 3.63) is 34.4 Å². The molecule has 0 radical (unpaired) electrons. The molecule has 0 fully saturated rings. The quantitative estimate of drug-likeness (QED) is 0.622. The molecule has 0 spiro atoms. The SMILES string of the molecule is CCc1cc(C)cc(C)c1CC(C)C(=O)NO. The lowest BCUT2D eigenvalue weighted by molar-refractivity contribution is -0.132. The summed E-state index contributed by atoms with van der Waals surface area (Å²) in [5.41, 5.74) is 6.71. The fraction of sp³-hybridized carbons (Fsp3) is 0.500. The summed E-state index contributed by atoms with van der Waals surface area (Å²) in [6.45, 7) is 8.10. The molecule has 1 atom stereocenters. The van der Waals surface area contributed by atoms with E-state index < -0.39 is 0 Å². The Morgan fingerprint density at radius 2 is 2.06 bits per heavy atom. The second kappa shape index (κ2) is 5.82. The number of hydroxylamine groups is 1. The Kier molecular flexibility index (Phi) is 4.70. The third-order valence-electron chi connectivity index (χ3n) is 3.16. The highest BCUT2D eigenvalue weighted by molar-refractivity contribution is 5.77. The first-order valence-corrected chi connectivity index (χ1v) is 6.02. The highest BCUT2D eigenvalue weighted by Gasteiger charge is 2.16. The summed E-state index contributed by atoms with van der Waals surface area (Å²) in [6.07, 6.45) is 1.63. The van der Waals surface area contributed by atoms with E-state index in [0.717, 1.165) is 6.42 Å². The van der Waals surface area contributed by atoms with Crippen molar-refractivity contribution in [2.45, 2.75) is 40.5 Å². The molecular formula is C14H21NO2. The van der Waals surface area contributed by atoms with E-state index in [1.54, 1.807) is 5.48 Å². The van der Waals surface area contributed by atoms with Crippen molar-refractivity contribution < 1.29 is 10.0 Å². The van der Waals surface area contributed by atoms with E-state index in [0.29, 0.717) is 6.42 Å². The molecule has 0 saturated carbocycles. The molecule has 1 aromatic rings. The second-order valence-corrected chi connectivity index (χ2v) is 4.65. The predicted molar refractivity (Wildman–Crippen MR) is 68.1 cm³/mol. The molecule has 94 valence electrons. The summed E-state index contributed by atoms with van der Waals surface area (Å²) >= 11 is 0. The van der Waals surface area contributed by atoms with Crippen LogP contribution >= 0.6 is 0 Å². The highest BCUT2D eigenvalue weighted by Crippen LogP contribution is 2.21. The van der Waals surface area contributed by atoms with Crippen LogP contribution in [-0.4, -0.2) is 11.1 Å². The van der Waals surface area contributed by atoms with Crippen LogP contribution in [0.5, 0.6) is 0 Å². The average molecular weight is 235 g/mol. The first-order valence-electron chi connectivity index (χ1n) is 6.02. The van der Waals surface area contributed by atoms with Crippen molar-refractivity contribution >= 4 is 5.91 Å². The smallest absolute Gasteiger partial charge is 0.246 e. The minimum atomic E-state index is -0.327. The van der Waals surface area contributed by atoms with Gasteiger partial charge in [0.2, 0.25) is 5.91 Å². The topological polar surface area (TPSA) is 49.3 Å². The van der Waals surface area contributed by atoms with E-state index in [2.05, 4.69) is 32.9 Å². The molecule has 0 saturated heterocycles. The van der Waals surface area contributed by atoms with Crippen LogP contribution in [0.15, 0.2) is 12.1 Å². The monoisotopic (exact) mass is 235 g/mol. The number of amides is 1. The van der Waals surface area contributed by atoms with Crippen LogP contribution in [0.3, 0.4) is 0 Å². The Morgan fingerprint density at radius 1 is 1.41 bits per heavy atom. The summed E-state index contributed by atoms with van der Waals surface area (Å²) in [5.74, 6) is -0.543. The maximum absolute atomic E-state index is 11.3.